The monoisotopic (exact) mass is 508 g/mol. The molecular formula is C27H40O9. The van der Waals surface area contributed by atoms with Crippen LogP contribution in [0.1, 0.15) is 60.3 Å². The summed E-state index contributed by atoms with van der Waals surface area (Å²) in [6, 6.07) is 0. The zero-order valence-corrected chi connectivity index (χ0v) is 22.0. The molecule has 0 unspecified atom stereocenters. The van der Waals surface area contributed by atoms with E-state index in [-0.39, 0.29) is 31.8 Å². The molecule has 6 atom stereocenters. The van der Waals surface area contributed by atoms with E-state index in [9.17, 15) is 24.6 Å². The second-order valence-corrected chi connectivity index (χ2v) is 9.76. The lowest BCUT2D eigenvalue weighted by Crippen LogP contribution is -2.32. The molecule has 2 N–H and O–H groups in total. The number of aliphatic hydroxyl groups is 2. The quantitative estimate of drug-likeness (QED) is 0.150. The molecule has 2 aliphatic rings. The van der Waals surface area contributed by atoms with Crippen LogP contribution in [0, 0.1) is 11.8 Å². The molecule has 0 spiro atoms. The van der Waals surface area contributed by atoms with Crippen LogP contribution >= 0.6 is 0 Å². The van der Waals surface area contributed by atoms with Crippen molar-refractivity contribution in [2.75, 3.05) is 19.8 Å². The highest BCUT2D eigenvalue weighted by molar-refractivity contribution is 5.87. The lowest BCUT2D eigenvalue weighted by Gasteiger charge is -2.28. The zero-order valence-electron chi connectivity index (χ0n) is 22.0. The van der Waals surface area contributed by atoms with Crippen molar-refractivity contribution in [3.8, 4) is 0 Å². The lowest BCUT2D eigenvalue weighted by atomic mass is 9.83. The number of aliphatic hydroxyl groups excluding tert-OH is 2. The van der Waals surface area contributed by atoms with Crippen LogP contribution in [0.5, 0.6) is 0 Å². The second-order valence-electron chi connectivity index (χ2n) is 9.76. The number of carbonyl (C=O) groups excluding carboxylic acids is 3. The van der Waals surface area contributed by atoms with E-state index >= 15 is 0 Å². The van der Waals surface area contributed by atoms with Gasteiger partial charge in [0.15, 0.2) is 0 Å². The highest BCUT2D eigenvalue weighted by atomic mass is 16.6. The SMILES string of the molecule is C=C(COC(C)=O)[C@H]1C[C@H](OC(=O)/C(C)=C/C)/C(COC(=O)[C@H](C)[C@H](C)O)=C/CC[C@@]2(CO)O[C@@H]2C1. The summed E-state index contributed by atoms with van der Waals surface area (Å²) in [6.45, 7) is 11.7. The van der Waals surface area contributed by atoms with E-state index in [0.717, 1.165) is 0 Å². The van der Waals surface area contributed by atoms with Crippen LogP contribution in [0.3, 0.4) is 0 Å². The van der Waals surface area contributed by atoms with Crippen molar-refractivity contribution in [2.45, 2.75) is 84.2 Å². The van der Waals surface area contributed by atoms with Gasteiger partial charge in [0.1, 0.15) is 24.9 Å². The van der Waals surface area contributed by atoms with E-state index in [0.29, 0.717) is 42.4 Å². The first-order valence-electron chi connectivity index (χ1n) is 12.4. The van der Waals surface area contributed by atoms with Gasteiger partial charge in [0.05, 0.1) is 24.7 Å². The number of allylic oxidation sites excluding steroid dienone is 2. The highest BCUT2D eigenvalue weighted by Gasteiger charge is 2.56. The number of epoxide rings is 1. The van der Waals surface area contributed by atoms with E-state index in [1.165, 1.54) is 13.8 Å². The average molecular weight is 509 g/mol. The minimum Gasteiger partial charge on any atom is -0.461 e. The second kappa shape index (κ2) is 13.2. The Morgan fingerprint density at radius 1 is 1.25 bits per heavy atom. The molecule has 0 aromatic heterocycles. The summed E-state index contributed by atoms with van der Waals surface area (Å²) in [4.78, 5) is 36.5. The molecule has 1 saturated heterocycles. The zero-order chi connectivity index (χ0) is 27.0. The summed E-state index contributed by atoms with van der Waals surface area (Å²) in [5, 5.41) is 19.7. The number of esters is 3. The third-order valence-electron chi connectivity index (χ3n) is 7.08. The first-order valence-corrected chi connectivity index (χ1v) is 12.4. The van der Waals surface area contributed by atoms with Crippen LogP contribution in [-0.4, -0.2) is 71.9 Å². The minimum atomic E-state index is -0.871. The van der Waals surface area contributed by atoms with Crippen molar-refractivity contribution in [3.05, 3.63) is 35.5 Å². The molecule has 36 heavy (non-hydrogen) atoms. The van der Waals surface area contributed by atoms with E-state index in [1.807, 2.05) is 6.08 Å². The third kappa shape index (κ3) is 8.01. The Morgan fingerprint density at radius 3 is 2.53 bits per heavy atom. The molecule has 0 aromatic rings. The molecule has 1 fully saturated rings. The van der Waals surface area contributed by atoms with Crippen molar-refractivity contribution < 1.29 is 43.5 Å². The first kappa shape index (κ1) is 29.7. The summed E-state index contributed by atoms with van der Waals surface area (Å²) in [7, 11) is 0. The van der Waals surface area contributed by atoms with Crippen molar-refractivity contribution in [2.24, 2.45) is 11.8 Å². The average Bonchev–Trinajstić information content (AvgIpc) is 3.54. The van der Waals surface area contributed by atoms with Gasteiger partial charge in [-0.3, -0.25) is 9.59 Å². The standard InChI is InChI=1S/C27H40O9/c1-7-16(2)25(31)35-23-11-22(17(3)13-33-20(6)30)12-24-27(15-28,36-24)10-8-9-21(23)14-34-26(32)18(4)19(5)29/h7,9,18-19,22-24,28-29H,3,8,10-15H2,1-2,4-6H3/b16-7+,21-9+/t18-,19+,22+,23+,24-,27+/m1/s1. The number of carbonyl (C=O) groups is 3. The topological polar surface area (TPSA) is 132 Å². The van der Waals surface area contributed by atoms with Crippen molar-refractivity contribution in [3.63, 3.8) is 0 Å². The maximum absolute atomic E-state index is 12.7. The molecule has 1 heterocycles. The number of hydrogen-bond acceptors (Lipinski definition) is 9. The van der Waals surface area contributed by atoms with Crippen molar-refractivity contribution in [1.29, 1.82) is 0 Å². The predicted octanol–water partition coefficient (Wildman–Crippen LogP) is 2.79. The number of ether oxygens (including phenoxy) is 4. The molecule has 9 nitrogen and oxygen atoms in total. The van der Waals surface area contributed by atoms with Crippen LogP contribution in [0.15, 0.2) is 35.5 Å². The van der Waals surface area contributed by atoms with E-state index in [1.54, 1.807) is 26.8 Å². The maximum Gasteiger partial charge on any atom is 0.333 e. The fraction of sp³-hybridized carbons (Fsp3) is 0.667. The molecular weight excluding hydrogens is 468 g/mol. The first-order chi connectivity index (χ1) is 16.9. The Labute approximate surface area is 213 Å². The van der Waals surface area contributed by atoms with Gasteiger partial charge in [-0.2, -0.15) is 0 Å². The van der Waals surface area contributed by atoms with Crippen LogP contribution in [0.2, 0.25) is 0 Å². The molecule has 0 radical (unpaired) electrons. The fourth-order valence-corrected chi connectivity index (χ4v) is 4.09. The molecule has 0 amide bonds. The minimum absolute atomic E-state index is 0.00728. The number of fused-ring (bicyclic) bond motifs is 1. The van der Waals surface area contributed by atoms with Gasteiger partial charge < -0.3 is 29.2 Å². The summed E-state index contributed by atoms with van der Waals surface area (Å²) in [5.41, 5.74) is 1.00. The van der Waals surface area contributed by atoms with Gasteiger partial charge >= 0.3 is 17.9 Å². The Bertz CT molecular complexity index is 888. The Hall–Kier alpha value is -2.49. The van der Waals surface area contributed by atoms with Crippen LogP contribution < -0.4 is 0 Å². The molecule has 0 saturated carbocycles. The molecule has 0 aromatic carbocycles. The fourth-order valence-electron chi connectivity index (χ4n) is 4.09. The molecule has 9 heteroatoms. The Morgan fingerprint density at radius 2 is 1.94 bits per heavy atom. The Kier molecular flexibility index (Phi) is 10.9. The molecule has 2 rings (SSSR count). The third-order valence-corrected chi connectivity index (χ3v) is 7.08. The molecule has 1 aliphatic carbocycles. The van der Waals surface area contributed by atoms with Gasteiger partial charge in [0.2, 0.25) is 0 Å². The van der Waals surface area contributed by atoms with Gasteiger partial charge in [-0.1, -0.05) is 18.7 Å². The van der Waals surface area contributed by atoms with Crippen molar-refractivity contribution in [1.82, 2.24) is 0 Å². The lowest BCUT2D eigenvalue weighted by molar-refractivity contribution is -0.151. The van der Waals surface area contributed by atoms with Gasteiger partial charge in [0, 0.05) is 18.1 Å². The van der Waals surface area contributed by atoms with Crippen LogP contribution in [0.4, 0.5) is 0 Å². The summed E-state index contributed by atoms with van der Waals surface area (Å²) in [6.07, 6.45) is 3.57. The van der Waals surface area contributed by atoms with Crippen LogP contribution in [0.25, 0.3) is 0 Å². The van der Waals surface area contributed by atoms with Crippen molar-refractivity contribution >= 4 is 17.9 Å². The van der Waals surface area contributed by atoms with Gasteiger partial charge in [-0.15, -0.1) is 0 Å². The number of hydrogen-bond donors (Lipinski definition) is 2. The largest absolute Gasteiger partial charge is 0.461 e. The van der Waals surface area contributed by atoms with E-state index in [2.05, 4.69) is 6.58 Å². The molecule has 202 valence electrons. The number of rotatable bonds is 10. The Balaban J connectivity index is 2.37. The summed E-state index contributed by atoms with van der Waals surface area (Å²) in [5.74, 6) is -2.47. The normalized spacial score (nSPS) is 29.5. The van der Waals surface area contributed by atoms with Gasteiger partial charge in [0.25, 0.3) is 0 Å². The van der Waals surface area contributed by atoms with E-state index < -0.39 is 41.6 Å². The smallest absolute Gasteiger partial charge is 0.333 e. The molecule has 0 bridgehead atoms. The predicted molar refractivity (Wildman–Crippen MR) is 132 cm³/mol. The van der Waals surface area contributed by atoms with E-state index in [4.69, 9.17) is 18.9 Å². The van der Waals surface area contributed by atoms with Gasteiger partial charge in [-0.25, -0.2) is 4.79 Å². The maximum atomic E-state index is 12.7. The highest BCUT2D eigenvalue weighted by Crippen LogP contribution is 2.46. The molecule has 1 aliphatic heterocycles. The summed E-state index contributed by atoms with van der Waals surface area (Å²) >= 11 is 0. The van der Waals surface area contributed by atoms with Gasteiger partial charge in [-0.05, 0) is 64.9 Å². The van der Waals surface area contributed by atoms with Crippen LogP contribution in [-0.2, 0) is 33.3 Å². The summed E-state index contributed by atoms with van der Waals surface area (Å²) < 4.78 is 22.4.